The zero-order valence-electron chi connectivity index (χ0n) is 11.1. The molecule has 5 heteroatoms. The van der Waals surface area contributed by atoms with Crippen LogP contribution in [-0.4, -0.2) is 32.1 Å². The van der Waals surface area contributed by atoms with Crippen LogP contribution in [0.5, 0.6) is 0 Å². The molecule has 0 spiro atoms. The average molecular weight is 248 g/mol. The third-order valence-electron chi connectivity index (χ3n) is 3.66. The smallest absolute Gasteiger partial charge is 0.223 e. The molecule has 1 saturated carbocycles. The predicted molar refractivity (Wildman–Crippen MR) is 66.9 cm³/mol. The van der Waals surface area contributed by atoms with E-state index >= 15 is 0 Å². The molecular formula is C13H20N4O. The van der Waals surface area contributed by atoms with E-state index < -0.39 is 0 Å². The van der Waals surface area contributed by atoms with Crippen LogP contribution in [0.2, 0.25) is 0 Å². The fraction of sp³-hybridized carbons (Fsp3) is 0.769. The normalized spacial score (nSPS) is 19.2. The maximum absolute atomic E-state index is 12.0. The van der Waals surface area contributed by atoms with Crippen LogP contribution < -0.4 is 0 Å². The van der Waals surface area contributed by atoms with Crippen molar-refractivity contribution in [2.75, 3.05) is 6.54 Å². The molecule has 0 bridgehead atoms. The van der Waals surface area contributed by atoms with Gasteiger partial charge in [0.1, 0.15) is 5.82 Å². The van der Waals surface area contributed by atoms with Crippen molar-refractivity contribution in [3.05, 3.63) is 11.6 Å². The molecule has 0 atom stereocenters. The van der Waals surface area contributed by atoms with E-state index in [1.807, 2.05) is 4.90 Å². The van der Waals surface area contributed by atoms with Gasteiger partial charge in [-0.05, 0) is 18.8 Å². The molecule has 2 aliphatic rings. The van der Waals surface area contributed by atoms with Gasteiger partial charge in [-0.2, -0.15) is 0 Å². The van der Waals surface area contributed by atoms with Crippen LogP contribution in [0, 0.1) is 5.92 Å². The monoisotopic (exact) mass is 248 g/mol. The van der Waals surface area contributed by atoms with Gasteiger partial charge in [0.15, 0.2) is 5.82 Å². The van der Waals surface area contributed by atoms with Crippen LogP contribution in [0.3, 0.4) is 0 Å². The fourth-order valence-electron chi connectivity index (χ4n) is 2.51. The van der Waals surface area contributed by atoms with Crippen LogP contribution >= 0.6 is 0 Å². The van der Waals surface area contributed by atoms with E-state index in [1.54, 1.807) is 0 Å². The standard InChI is InChI=1S/C13H20N4O/c1-9(2)7-12(18)16-5-6-17-11(8-16)14-15-13(17)10-3-4-10/h9-10H,3-8H2,1-2H3. The Hall–Kier alpha value is -1.39. The van der Waals surface area contributed by atoms with Gasteiger partial charge in [0.25, 0.3) is 0 Å². The summed E-state index contributed by atoms with van der Waals surface area (Å²) in [6.45, 7) is 6.45. The zero-order valence-corrected chi connectivity index (χ0v) is 11.1. The molecule has 1 fully saturated rings. The maximum Gasteiger partial charge on any atom is 0.223 e. The number of carbonyl (C=O) groups is 1. The minimum absolute atomic E-state index is 0.243. The van der Waals surface area contributed by atoms with Gasteiger partial charge in [0.2, 0.25) is 5.91 Å². The van der Waals surface area contributed by atoms with Crippen molar-refractivity contribution in [1.82, 2.24) is 19.7 Å². The summed E-state index contributed by atoms with van der Waals surface area (Å²) < 4.78 is 2.22. The summed E-state index contributed by atoms with van der Waals surface area (Å²) in [5.74, 6) is 3.39. The Morgan fingerprint density at radius 3 is 2.78 bits per heavy atom. The highest BCUT2D eigenvalue weighted by atomic mass is 16.2. The first kappa shape index (κ1) is 11.7. The van der Waals surface area contributed by atoms with Crippen molar-refractivity contribution in [1.29, 1.82) is 0 Å². The number of hydrogen-bond donors (Lipinski definition) is 0. The van der Waals surface area contributed by atoms with Crippen molar-refractivity contribution in [3.8, 4) is 0 Å². The predicted octanol–water partition coefficient (Wildman–Crippen LogP) is 1.54. The highest BCUT2D eigenvalue weighted by Crippen LogP contribution is 2.39. The van der Waals surface area contributed by atoms with E-state index in [4.69, 9.17) is 0 Å². The SMILES string of the molecule is CC(C)CC(=O)N1CCn2c(nnc2C2CC2)C1. The third-order valence-corrected chi connectivity index (χ3v) is 3.66. The van der Waals surface area contributed by atoms with Crippen molar-refractivity contribution in [2.24, 2.45) is 5.92 Å². The minimum atomic E-state index is 0.243. The summed E-state index contributed by atoms with van der Waals surface area (Å²) in [4.78, 5) is 14.0. The van der Waals surface area contributed by atoms with Crippen molar-refractivity contribution in [3.63, 3.8) is 0 Å². The largest absolute Gasteiger partial charge is 0.333 e. The Bertz CT molecular complexity index is 462. The van der Waals surface area contributed by atoms with Crippen LogP contribution in [0.25, 0.3) is 0 Å². The Labute approximate surface area is 107 Å². The lowest BCUT2D eigenvalue weighted by molar-refractivity contribution is -0.133. The van der Waals surface area contributed by atoms with Gasteiger partial charge < -0.3 is 9.47 Å². The van der Waals surface area contributed by atoms with Gasteiger partial charge in [-0.25, -0.2) is 0 Å². The molecule has 2 heterocycles. The number of rotatable bonds is 3. The van der Waals surface area contributed by atoms with Gasteiger partial charge in [0.05, 0.1) is 6.54 Å². The van der Waals surface area contributed by atoms with Crippen molar-refractivity contribution in [2.45, 2.75) is 52.1 Å². The molecule has 1 amide bonds. The second-order valence-electron chi connectivity index (χ2n) is 5.81. The van der Waals surface area contributed by atoms with E-state index in [0.717, 1.165) is 24.7 Å². The molecule has 0 aromatic carbocycles. The molecule has 0 unspecified atom stereocenters. The van der Waals surface area contributed by atoms with Crippen LogP contribution in [0.1, 0.15) is 50.7 Å². The lowest BCUT2D eigenvalue weighted by Gasteiger charge is -2.28. The van der Waals surface area contributed by atoms with Gasteiger partial charge >= 0.3 is 0 Å². The molecule has 1 aliphatic carbocycles. The van der Waals surface area contributed by atoms with Crippen LogP contribution in [0.4, 0.5) is 0 Å². The number of nitrogens with zero attached hydrogens (tertiary/aromatic N) is 4. The van der Waals surface area contributed by atoms with Gasteiger partial charge in [0, 0.05) is 25.4 Å². The summed E-state index contributed by atoms with van der Waals surface area (Å²) in [5.41, 5.74) is 0. The Morgan fingerprint density at radius 2 is 2.11 bits per heavy atom. The summed E-state index contributed by atoms with van der Waals surface area (Å²) in [7, 11) is 0. The number of hydrogen-bond acceptors (Lipinski definition) is 3. The van der Waals surface area contributed by atoms with Crippen molar-refractivity contribution >= 4 is 5.91 Å². The Morgan fingerprint density at radius 1 is 1.33 bits per heavy atom. The number of amides is 1. The molecular weight excluding hydrogens is 228 g/mol. The number of aromatic nitrogens is 3. The quantitative estimate of drug-likeness (QED) is 0.815. The van der Waals surface area contributed by atoms with E-state index in [1.165, 1.54) is 12.8 Å². The zero-order chi connectivity index (χ0) is 12.7. The summed E-state index contributed by atoms with van der Waals surface area (Å²) in [6.07, 6.45) is 3.12. The maximum atomic E-state index is 12.0. The Balaban J connectivity index is 1.71. The first-order valence-corrected chi connectivity index (χ1v) is 6.85. The van der Waals surface area contributed by atoms with E-state index in [-0.39, 0.29) is 5.91 Å². The topological polar surface area (TPSA) is 51.0 Å². The van der Waals surface area contributed by atoms with Crippen LogP contribution in [0.15, 0.2) is 0 Å². The van der Waals surface area contributed by atoms with Gasteiger partial charge in [-0.3, -0.25) is 4.79 Å². The van der Waals surface area contributed by atoms with Crippen LogP contribution in [-0.2, 0) is 17.9 Å². The molecule has 1 aromatic rings. The molecule has 5 nitrogen and oxygen atoms in total. The highest BCUT2D eigenvalue weighted by Gasteiger charge is 2.32. The summed E-state index contributed by atoms with van der Waals surface area (Å²) in [5, 5.41) is 8.54. The molecule has 18 heavy (non-hydrogen) atoms. The molecule has 98 valence electrons. The average Bonchev–Trinajstić information content (AvgIpc) is 3.08. The summed E-state index contributed by atoms with van der Waals surface area (Å²) >= 11 is 0. The Kier molecular flexibility index (Phi) is 2.84. The first-order chi connectivity index (χ1) is 8.65. The molecule has 0 saturated heterocycles. The van der Waals surface area contributed by atoms with Gasteiger partial charge in [-0.1, -0.05) is 13.8 Å². The minimum Gasteiger partial charge on any atom is -0.333 e. The molecule has 0 N–H and O–H groups in total. The van der Waals surface area contributed by atoms with E-state index in [9.17, 15) is 4.79 Å². The second kappa shape index (κ2) is 4.37. The first-order valence-electron chi connectivity index (χ1n) is 6.85. The molecule has 3 rings (SSSR count). The van der Waals surface area contributed by atoms with Crippen molar-refractivity contribution < 1.29 is 4.79 Å². The van der Waals surface area contributed by atoms with E-state index in [2.05, 4.69) is 28.6 Å². The van der Waals surface area contributed by atoms with E-state index in [0.29, 0.717) is 24.8 Å². The number of carbonyl (C=O) groups excluding carboxylic acids is 1. The molecule has 1 aromatic heterocycles. The lowest BCUT2D eigenvalue weighted by atomic mass is 10.1. The fourth-order valence-corrected chi connectivity index (χ4v) is 2.51. The highest BCUT2D eigenvalue weighted by molar-refractivity contribution is 5.76. The second-order valence-corrected chi connectivity index (χ2v) is 5.81. The lowest BCUT2D eigenvalue weighted by Crippen LogP contribution is -2.39. The third kappa shape index (κ3) is 2.13. The molecule has 0 radical (unpaired) electrons. The number of fused-ring (bicyclic) bond motifs is 1. The van der Waals surface area contributed by atoms with Gasteiger partial charge in [-0.15, -0.1) is 10.2 Å². The molecule has 1 aliphatic heterocycles. The summed E-state index contributed by atoms with van der Waals surface area (Å²) in [6, 6.07) is 0.